The van der Waals surface area contributed by atoms with Gasteiger partial charge in [-0.25, -0.2) is 4.79 Å². The minimum absolute atomic E-state index is 0.308. The Balaban J connectivity index is 1.47. The molecule has 0 saturated heterocycles. The summed E-state index contributed by atoms with van der Waals surface area (Å²) in [6, 6.07) is 21.6. The van der Waals surface area contributed by atoms with E-state index in [1.54, 1.807) is 13.1 Å². The highest BCUT2D eigenvalue weighted by atomic mass is 32.1. The number of thiophene rings is 1. The topological polar surface area (TPSA) is 68.2 Å². The van der Waals surface area contributed by atoms with Crippen molar-refractivity contribution >= 4 is 45.3 Å². The third-order valence-corrected chi connectivity index (χ3v) is 5.93. The second kappa shape index (κ2) is 10.2. The number of rotatable bonds is 7. The quantitative estimate of drug-likeness (QED) is 0.273. The summed E-state index contributed by atoms with van der Waals surface area (Å²) in [6.07, 6.45) is 3.69. The Morgan fingerprint density at radius 1 is 1.09 bits per heavy atom. The van der Waals surface area contributed by atoms with Crippen molar-refractivity contribution in [2.75, 3.05) is 17.2 Å². The molecule has 0 spiro atoms. The van der Waals surface area contributed by atoms with Gasteiger partial charge in [-0.3, -0.25) is 4.68 Å². The first-order chi connectivity index (χ1) is 15.6. The molecule has 2 aromatic carbocycles. The zero-order chi connectivity index (χ0) is 22.3. The van der Waals surface area contributed by atoms with Crippen molar-refractivity contribution < 1.29 is 9.53 Å². The molecule has 0 aliphatic rings. The van der Waals surface area contributed by atoms with Crippen LogP contribution in [0.3, 0.4) is 0 Å². The van der Waals surface area contributed by atoms with Crippen LogP contribution in [-0.2, 0) is 11.3 Å². The van der Waals surface area contributed by atoms with E-state index in [0.29, 0.717) is 28.8 Å². The lowest BCUT2D eigenvalue weighted by atomic mass is 10.1. The molecule has 4 rings (SSSR count). The smallest absolute Gasteiger partial charge is 0.341 e. The van der Waals surface area contributed by atoms with Crippen molar-refractivity contribution in [1.29, 1.82) is 0 Å². The largest absolute Gasteiger partial charge is 0.462 e. The number of aromatic nitrogens is 2. The lowest BCUT2D eigenvalue weighted by Gasteiger charge is -2.11. The van der Waals surface area contributed by atoms with Crippen LogP contribution in [0.25, 0.3) is 10.4 Å². The molecular weight excluding hydrogens is 440 g/mol. The summed E-state index contributed by atoms with van der Waals surface area (Å²) in [5, 5.41) is 11.6. The van der Waals surface area contributed by atoms with Gasteiger partial charge in [0.2, 0.25) is 0 Å². The molecule has 0 amide bonds. The number of hydrogen-bond donors (Lipinski definition) is 2. The van der Waals surface area contributed by atoms with Gasteiger partial charge in [0, 0.05) is 23.0 Å². The lowest BCUT2D eigenvalue weighted by molar-refractivity contribution is 0.0528. The predicted molar refractivity (Wildman–Crippen MR) is 133 cm³/mol. The van der Waals surface area contributed by atoms with E-state index in [1.807, 2.05) is 77.6 Å². The van der Waals surface area contributed by atoms with Crippen LogP contribution in [-0.4, -0.2) is 27.5 Å². The Morgan fingerprint density at radius 3 is 2.56 bits per heavy atom. The molecule has 32 heavy (non-hydrogen) atoms. The standard InChI is InChI=1S/C24H22N4O2S2/c1-2-30-23(29)20-15-21(18-7-4-3-5-8-18)32-22(20)27-24(31)26-19-11-9-17(10-12-19)16-28-14-6-13-25-28/h3-15H,2,16H2,1H3,(H2,26,27,31). The molecule has 0 radical (unpaired) electrons. The fraction of sp³-hybridized carbons (Fsp3) is 0.125. The molecule has 4 aromatic rings. The van der Waals surface area contributed by atoms with E-state index in [-0.39, 0.29) is 5.97 Å². The summed E-state index contributed by atoms with van der Waals surface area (Å²) >= 11 is 6.96. The van der Waals surface area contributed by atoms with Gasteiger partial charge in [0.15, 0.2) is 5.11 Å². The van der Waals surface area contributed by atoms with Crippen molar-refractivity contribution in [3.63, 3.8) is 0 Å². The second-order valence-corrected chi connectivity index (χ2v) is 8.38. The van der Waals surface area contributed by atoms with Gasteiger partial charge in [-0.2, -0.15) is 5.10 Å². The maximum atomic E-state index is 12.5. The average Bonchev–Trinajstić information content (AvgIpc) is 3.46. The maximum absolute atomic E-state index is 12.5. The van der Waals surface area contributed by atoms with Gasteiger partial charge >= 0.3 is 5.97 Å². The number of esters is 1. The first-order valence-electron chi connectivity index (χ1n) is 10.1. The third-order valence-electron chi connectivity index (χ3n) is 4.63. The number of carbonyl (C=O) groups excluding carboxylic acids is 1. The zero-order valence-corrected chi connectivity index (χ0v) is 19.1. The summed E-state index contributed by atoms with van der Waals surface area (Å²) in [5.74, 6) is -0.376. The van der Waals surface area contributed by atoms with Gasteiger partial charge in [0.1, 0.15) is 5.00 Å². The first kappa shape index (κ1) is 21.7. The Hall–Kier alpha value is -3.49. The molecule has 2 aromatic heterocycles. The highest BCUT2D eigenvalue weighted by Gasteiger charge is 2.19. The molecule has 0 saturated carbocycles. The summed E-state index contributed by atoms with van der Waals surface area (Å²) in [6.45, 7) is 2.80. The SMILES string of the molecule is CCOC(=O)c1cc(-c2ccccc2)sc1NC(=S)Nc1ccc(Cn2cccn2)cc1. The maximum Gasteiger partial charge on any atom is 0.341 e. The Kier molecular flexibility index (Phi) is 6.94. The average molecular weight is 463 g/mol. The van der Waals surface area contributed by atoms with Crippen LogP contribution in [0.1, 0.15) is 22.8 Å². The fourth-order valence-electron chi connectivity index (χ4n) is 3.13. The van der Waals surface area contributed by atoms with Gasteiger partial charge in [-0.1, -0.05) is 42.5 Å². The minimum atomic E-state index is -0.376. The number of ether oxygens (including phenoxy) is 1. The van der Waals surface area contributed by atoms with E-state index in [1.165, 1.54) is 11.3 Å². The van der Waals surface area contributed by atoms with E-state index < -0.39 is 0 Å². The minimum Gasteiger partial charge on any atom is -0.462 e. The van der Waals surface area contributed by atoms with Gasteiger partial charge in [0.25, 0.3) is 0 Å². The molecule has 2 heterocycles. The highest BCUT2D eigenvalue weighted by Crippen LogP contribution is 2.36. The van der Waals surface area contributed by atoms with Gasteiger partial charge < -0.3 is 15.4 Å². The molecule has 0 atom stereocenters. The van der Waals surface area contributed by atoms with Crippen LogP contribution in [0.5, 0.6) is 0 Å². The van der Waals surface area contributed by atoms with Crippen LogP contribution in [0.4, 0.5) is 10.7 Å². The summed E-state index contributed by atoms with van der Waals surface area (Å²) in [4.78, 5) is 13.5. The Morgan fingerprint density at radius 2 is 1.88 bits per heavy atom. The molecule has 8 heteroatoms. The summed E-state index contributed by atoms with van der Waals surface area (Å²) in [7, 11) is 0. The van der Waals surface area contributed by atoms with Crippen LogP contribution in [0.2, 0.25) is 0 Å². The number of nitrogens with zero attached hydrogens (tertiary/aromatic N) is 2. The molecule has 0 unspecified atom stereocenters. The van der Waals surface area contributed by atoms with Crippen molar-refractivity contribution in [3.05, 3.63) is 90.3 Å². The number of carbonyl (C=O) groups is 1. The summed E-state index contributed by atoms with van der Waals surface area (Å²) < 4.78 is 7.10. The van der Waals surface area contributed by atoms with Gasteiger partial charge in [-0.15, -0.1) is 11.3 Å². The number of thiocarbonyl (C=S) groups is 1. The molecular formula is C24H22N4O2S2. The van der Waals surface area contributed by atoms with E-state index >= 15 is 0 Å². The second-order valence-electron chi connectivity index (χ2n) is 6.92. The lowest BCUT2D eigenvalue weighted by Crippen LogP contribution is -2.20. The molecule has 162 valence electrons. The molecule has 0 aliphatic carbocycles. The zero-order valence-electron chi connectivity index (χ0n) is 17.4. The van der Waals surface area contributed by atoms with Crippen molar-refractivity contribution in [3.8, 4) is 10.4 Å². The van der Waals surface area contributed by atoms with Crippen LogP contribution in [0.15, 0.2) is 79.1 Å². The van der Waals surface area contributed by atoms with Crippen LogP contribution >= 0.6 is 23.6 Å². The fourth-order valence-corrected chi connectivity index (χ4v) is 4.47. The van der Waals surface area contributed by atoms with Crippen molar-refractivity contribution in [2.24, 2.45) is 0 Å². The Labute approximate surface area is 195 Å². The first-order valence-corrected chi connectivity index (χ1v) is 11.4. The molecule has 0 bridgehead atoms. The van der Waals surface area contributed by atoms with E-state index in [9.17, 15) is 4.79 Å². The van der Waals surface area contributed by atoms with Crippen LogP contribution < -0.4 is 10.6 Å². The normalized spacial score (nSPS) is 10.5. The predicted octanol–water partition coefficient (Wildman–Crippen LogP) is 5.65. The highest BCUT2D eigenvalue weighted by molar-refractivity contribution is 7.80. The molecule has 6 nitrogen and oxygen atoms in total. The number of nitrogens with one attached hydrogen (secondary N) is 2. The third kappa shape index (κ3) is 5.40. The number of benzene rings is 2. The molecule has 2 N–H and O–H groups in total. The van der Waals surface area contributed by atoms with Crippen molar-refractivity contribution in [1.82, 2.24) is 9.78 Å². The number of hydrogen-bond acceptors (Lipinski definition) is 5. The van der Waals surface area contributed by atoms with E-state index in [4.69, 9.17) is 17.0 Å². The van der Waals surface area contributed by atoms with Gasteiger partial charge in [0.05, 0.1) is 18.7 Å². The van der Waals surface area contributed by atoms with Crippen LogP contribution in [0, 0.1) is 0 Å². The van der Waals surface area contributed by atoms with Gasteiger partial charge in [-0.05, 0) is 54.5 Å². The van der Waals surface area contributed by atoms with E-state index in [0.717, 1.165) is 21.7 Å². The molecule has 0 fully saturated rings. The summed E-state index contributed by atoms with van der Waals surface area (Å²) in [5.41, 5.74) is 3.48. The van der Waals surface area contributed by atoms with Crippen molar-refractivity contribution in [2.45, 2.75) is 13.5 Å². The monoisotopic (exact) mass is 462 g/mol. The van der Waals surface area contributed by atoms with E-state index in [2.05, 4.69) is 15.7 Å². The molecule has 0 aliphatic heterocycles. The number of anilines is 2. The Bertz CT molecular complexity index is 1190.